The molecule has 4 rings (SSSR count). The maximum Gasteiger partial charge on any atom is 0.216 e. The average molecular weight is 437 g/mol. The number of benzene rings is 1. The number of hydrogen-bond acceptors (Lipinski definition) is 5. The van der Waals surface area contributed by atoms with E-state index in [1.54, 1.807) is 24.5 Å². The summed E-state index contributed by atoms with van der Waals surface area (Å²) in [6.07, 6.45) is 4.76. The smallest absolute Gasteiger partial charge is 0.216 e. The summed E-state index contributed by atoms with van der Waals surface area (Å²) in [5.74, 6) is 0. The first-order chi connectivity index (χ1) is 14.8. The molecular weight excluding hydrogens is 408 g/mol. The molecule has 6 nitrogen and oxygen atoms in total. The van der Waals surface area contributed by atoms with Gasteiger partial charge in [-0.2, -0.15) is 4.31 Å². The number of rotatable bonds is 5. The van der Waals surface area contributed by atoms with Gasteiger partial charge < -0.3 is 0 Å². The predicted molar refractivity (Wildman–Crippen MR) is 122 cm³/mol. The van der Waals surface area contributed by atoms with Crippen LogP contribution in [0, 0.1) is 13.8 Å². The van der Waals surface area contributed by atoms with Crippen LogP contribution in [0.4, 0.5) is 0 Å². The Morgan fingerprint density at radius 2 is 1.87 bits per heavy atom. The molecule has 0 atom stereocenters. The maximum atomic E-state index is 12.6. The van der Waals surface area contributed by atoms with Gasteiger partial charge in [0.2, 0.25) is 10.0 Å². The summed E-state index contributed by atoms with van der Waals surface area (Å²) in [5, 5.41) is -0.434. The Kier molecular flexibility index (Phi) is 5.90. The fourth-order valence-corrected chi connectivity index (χ4v) is 5.19. The van der Waals surface area contributed by atoms with Gasteiger partial charge in [0, 0.05) is 24.7 Å². The van der Waals surface area contributed by atoms with Crippen molar-refractivity contribution in [2.75, 3.05) is 6.54 Å². The number of hydrogen-bond donors (Lipinski definition) is 0. The minimum absolute atomic E-state index is 0.317. The van der Waals surface area contributed by atoms with Crippen molar-refractivity contribution >= 4 is 10.0 Å². The zero-order valence-electron chi connectivity index (χ0n) is 18.5. The zero-order valence-corrected chi connectivity index (χ0v) is 19.3. The summed E-state index contributed by atoms with van der Waals surface area (Å²) < 4.78 is 26.7. The molecule has 162 valence electrons. The van der Waals surface area contributed by atoms with E-state index in [1.807, 2.05) is 13.1 Å². The largest absolute Gasteiger partial charge is 0.256 e. The molecule has 1 aliphatic heterocycles. The topological polar surface area (TPSA) is 76.1 Å². The summed E-state index contributed by atoms with van der Waals surface area (Å²) in [5.41, 5.74) is 8.41. The highest BCUT2D eigenvalue weighted by Gasteiger charge is 2.31. The number of nitrogens with zero attached hydrogens (tertiary/aromatic N) is 4. The Morgan fingerprint density at radius 3 is 2.58 bits per heavy atom. The molecule has 0 amide bonds. The van der Waals surface area contributed by atoms with Crippen LogP contribution >= 0.6 is 0 Å². The molecule has 0 fully saturated rings. The van der Waals surface area contributed by atoms with Crippen LogP contribution < -0.4 is 0 Å². The quantitative estimate of drug-likeness (QED) is 0.607. The van der Waals surface area contributed by atoms with E-state index < -0.39 is 15.3 Å². The summed E-state index contributed by atoms with van der Waals surface area (Å²) in [7, 11) is -3.29. The number of fused-ring (bicyclic) bond motifs is 1. The second kappa shape index (κ2) is 8.48. The van der Waals surface area contributed by atoms with Gasteiger partial charge in [0.15, 0.2) is 0 Å². The van der Waals surface area contributed by atoms with Crippen LogP contribution in [0.1, 0.15) is 47.5 Å². The Hall–Kier alpha value is -2.64. The first-order valence-electron chi connectivity index (χ1n) is 10.6. The standard InChI is InChI=1S/C24H28N4O2S/c1-16(2)31(29,30)28-10-9-20-23(26-15-27-24(20)14-28)12-19-7-6-18(4)21(11-19)22-8-5-17(3)13-25-22/h5-8,11,13,15-16H,9-10,12,14H2,1-4H3. The van der Waals surface area contributed by atoms with E-state index in [9.17, 15) is 8.42 Å². The molecule has 3 heterocycles. The van der Waals surface area contributed by atoms with Crippen molar-refractivity contribution in [2.24, 2.45) is 0 Å². The monoisotopic (exact) mass is 436 g/mol. The molecule has 1 aromatic carbocycles. The highest BCUT2D eigenvalue weighted by molar-refractivity contribution is 7.89. The fraction of sp³-hybridized carbons (Fsp3) is 0.375. The second-order valence-electron chi connectivity index (χ2n) is 8.47. The molecule has 0 radical (unpaired) electrons. The molecule has 3 aromatic rings. The molecule has 7 heteroatoms. The minimum atomic E-state index is -3.29. The van der Waals surface area contributed by atoms with E-state index in [-0.39, 0.29) is 0 Å². The van der Waals surface area contributed by atoms with Gasteiger partial charge >= 0.3 is 0 Å². The van der Waals surface area contributed by atoms with E-state index in [0.29, 0.717) is 25.9 Å². The van der Waals surface area contributed by atoms with Crippen LogP contribution in [0.15, 0.2) is 42.9 Å². The van der Waals surface area contributed by atoms with Gasteiger partial charge in [0.1, 0.15) is 6.33 Å². The van der Waals surface area contributed by atoms with Crippen LogP contribution in [-0.4, -0.2) is 39.5 Å². The molecular formula is C24H28N4O2S. The van der Waals surface area contributed by atoms with Crippen molar-refractivity contribution in [3.8, 4) is 11.3 Å². The van der Waals surface area contributed by atoms with Gasteiger partial charge in [0.25, 0.3) is 0 Å². The van der Waals surface area contributed by atoms with Crippen molar-refractivity contribution in [1.82, 2.24) is 19.3 Å². The molecule has 2 aromatic heterocycles. The van der Waals surface area contributed by atoms with Crippen molar-refractivity contribution in [1.29, 1.82) is 0 Å². The third-order valence-corrected chi connectivity index (χ3v) is 8.10. The first kappa shape index (κ1) is 21.6. The Balaban J connectivity index is 1.62. The Bertz CT molecular complexity index is 1200. The van der Waals surface area contributed by atoms with E-state index in [4.69, 9.17) is 0 Å². The first-order valence-corrected chi connectivity index (χ1v) is 12.1. The summed E-state index contributed by atoms with van der Waals surface area (Å²) in [6, 6.07) is 10.6. The third-order valence-electron chi connectivity index (χ3n) is 5.88. The van der Waals surface area contributed by atoms with E-state index in [1.165, 1.54) is 5.56 Å². The van der Waals surface area contributed by atoms with Gasteiger partial charge in [-0.3, -0.25) is 4.98 Å². The highest BCUT2D eigenvalue weighted by Crippen LogP contribution is 2.27. The third kappa shape index (κ3) is 4.38. The van der Waals surface area contributed by atoms with Crippen molar-refractivity contribution in [3.05, 3.63) is 76.5 Å². The summed E-state index contributed by atoms with van der Waals surface area (Å²) in [4.78, 5) is 13.5. The predicted octanol–water partition coefficient (Wildman–Crippen LogP) is 3.84. The second-order valence-corrected chi connectivity index (χ2v) is 11.0. The van der Waals surface area contributed by atoms with Gasteiger partial charge in [-0.05, 0) is 68.5 Å². The molecule has 0 unspecified atom stereocenters. The lowest BCUT2D eigenvalue weighted by Crippen LogP contribution is -2.40. The molecule has 0 saturated carbocycles. The molecule has 0 bridgehead atoms. The van der Waals surface area contributed by atoms with Gasteiger partial charge in [-0.15, -0.1) is 0 Å². The average Bonchev–Trinajstić information content (AvgIpc) is 2.75. The number of sulfonamides is 1. The van der Waals surface area contributed by atoms with Crippen LogP contribution in [0.5, 0.6) is 0 Å². The van der Waals surface area contributed by atoms with Crippen LogP contribution in [0.3, 0.4) is 0 Å². The molecule has 0 saturated heterocycles. The van der Waals surface area contributed by atoms with Gasteiger partial charge in [-0.1, -0.05) is 18.2 Å². The van der Waals surface area contributed by atoms with Crippen molar-refractivity contribution < 1.29 is 8.42 Å². The maximum absolute atomic E-state index is 12.6. The van der Waals surface area contributed by atoms with Gasteiger partial charge in [-0.25, -0.2) is 18.4 Å². The van der Waals surface area contributed by atoms with Crippen molar-refractivity contribution in [2.45, 2.75) is 52.3 Å². The Labute approximate surface area is 184 Å². The van der Waals surface area contributed by atoms with Crippen LogP contribution in [0.25, 0.3) is 11.3 Å². The number of aromatic nitrogens is 3. The van der Waals surface area contributed by atoms with E-state index in [0.717, 1.165) is 39.3 Å². The van der Waals surface area contributed by atoms with Gasteiger partial charge in [0.05, 0.1) is 28.9 Å². The highest BCUT2D eigenvalue weighted by atomic mass is 32.2. The van der Waals surface area contributed by atoms with E-state index in [2.05, 4.69) is 52.2 Å². The van der Waals surface area contributed by atoms with Crippen molar-refractivity contribution in [3.63, 3.8) is 0 Å². The van der Waals surface area contributed by atoms with E-state index >= 15 is 0 Å². The number of pyridine rings is 1. The lowest BCUT2D eigenvalue weighted by atomic mass is 9.96. The minimum Gasteiger partial charge on any atom is -0.256 e. The number of aryl methyl sites for hydroxylation is 2. The normalized spacial score (nSPS) is 14.6. The molecule has 31 heavy (non-hydrogen) atoms. The van der Waals surface area contributed by atoms with Crippen LogP contribution in [-0.2, 0) is 29.4 Å². The molecule has 0 spiro atoms. The lowest BCUT2D eigenvalue weighted by Gasteiger charge is -2.29. The molecule has 0 aliphatic carbocycles. The molecule has 1 aliphatic rings. The molecule has 0 N–H and O–H groups in total. The summed E-state index contributed by atoms with van der Waals surface area (Å²) in [6.45, 7) is 8.35. The lowest BCUT2D eigenvalue weighted by molar-refractivity contribution is 0.379. The SMILES string of the molecule is Cc1ccc(-c2cc(Cc3ncnc4c3CCN(S(=O)(=O)C(C)C)C4)ccc2C)nc1. The van der Waals surface area contributed by atoms with Crippen LogP contribution in [0.2, 0.25) is 0 Å². The fourth-order valence-electron chi connectivity index (χ4n) is 3.94. The summed E-state index contributed by atoms with van der Waals surface area (Å²) >= 11 is 0. The Morgan fingerprint density at radius 1 is 1.06 bits per heavy atom. The zero-order chi connectivity index (χ0) is 22.2.